The lowest BCUT2D eigenvalue weighted by molar-refractivity contribution is -0.387. The molecule has 1 rings (SSSR count). The van der Waals surface area contributed by atoms with Crippen molar-refractivity contribution in [1.29, 1.82) is 0 Å². The molecule has 112 valence electrons. The van der Waals surface area contributed by atoms with Crippen molar-refractivity contribution in [3.05, 3.63) is 39.7 Å². The van der Waals surface area contributed by atoms with Crippen LogP contribution in [0.2, 0.25) is 0 Å². The van der Waals surface area contributed by atoms with Gasteiger partial charge in [0.05, 0.1) is 18.1 Å². The van der Waals surface area contributed by atoms with Crippen LogP contribution in [0, 0.1) is 15.9 Å². The number of nitrogens with zero attached hydrogens (tertiary/aromatic N) is 2. The first-order chi connectivity index (χ1) is 9.52. The van der Waals surface area contributed by atoms with Gasteiger partial charge in [-0.25, -0.2) is 0 Å². The van der Waals surface area contributed by atoms with Crippen molar-refractivity contribution in [3.8, 4) is 0 Å². The van der Waals surface area contributed by atoms with Crippen molar-refractivity contribution in [2.75, 3.05) is 40.4 Å². The second-order valence-corrected chi connectivity index (χ2v) is 4.60. The average molecular weight is 285 g/mol. The normalized spacial score (nSPS) is 11.0. The molecule has 1 aromatic rings. The van der Waals surface area contributed by atoms with Gasteiger partial charge >= 0.3 is 5.69 Å². The summed E-state index contributed by atoms with van der Waals surface area (Å²) in [6.45, 7) is 2.81. The first kappa shape index (κ1) is 16.5. The highest BCUT2D eigenvalue weighted by Crippen LogP contribution is 2.19. The van der Waals surface area contributed by atoms with E-state index in [9.17, 15) is 14.5 Å². The standard InChI is InChI=1S/C13H20FN3O3/c1-16(2)7-9-20-8-6-15-10-11-4-3-5-12(13(11)14)17(18)19/h3-5,15H,6-10H2,1-2H3. The van der Waals surface area contributed by atoms with Gasteiger partial charge < -0.3 is 15.0 Å². The third-order valence-electron chi connectivity index (χ3n) is 2.68. The summed E-state index contributed by atoms with van der Waals surface area (Å²) < 4.78 is 19.1. The summed E-state index contributed by atoms with van der Waals surface area (Å²) in [5.74, 6) is -0.779. The van der Waals surface area contributed by atoms with Gasteiger partial charge in [0.2, 0.25) is 5.82 Å². The minimum atomic E-state index is -0.779. The molecule has 0 bridgehead atoms. The van der Waals surface area contributed by atoms with Crippen LogP contribution in [0.1, 0.15) is 5.56 Å². The van der Waals surface area contributed by atoms with Gasteiger partial charge in [0.25, 0.3) is 0 Å². The Hall–Kier alpha value is -1.57. The Kier molecular flexibility index (Phi) is 7.06. The number of hydrogen-bond acceptors (Lipinski definition) is 5. The third-order valence-corrected chi connectivity index (χ3v) is 2.68. The van der Waals surface area contributed by atoms with Crippen LogP contribution in [0.15, 0.2) is 18.2 Å². The first-order valence-corrected chi connectivity index (χ1v) is 6.37. The van der Waals surface area contributed by atoms with Crippen LogP contribution in [-0.2, 0) is 11.3 Å². The van der Waals surface area contributed by atoms with Crippen molar-refractivity contribution in [2.45, 2.75) is 6.54 Å². The SMILES string of the molecule is CN(C)CCOCCNCc1cccc([N+](=O)[O-])c1F. The zero-order chi connectivity index (χ0) is 15.0. The van der Waals surface area contributed by atoms with Gasteiger partial charge in [0.1, 0.15) is 0 Å². The summed E-state index contributed by atoms with van der Waals surface area (Å²) in [5.41, 5.74) is -0.209. The van der Waals surface area contributed by atoms with E-state index in [2.05, 4.69) is 5.32 Å². The Balaban J connectivity index is 2.29. The monoisotopic (exact) mass is 285 g/mol. The maximum atomic E-state index is 13.7. The smallest absolute Gasteiger partial charge is 0.305 e. The van der Waals surface area contributed by atoms with Gasteiger partial charge in [-0.2, -0.15) is 4.39 Å². The molecule has 0 heterocycles. The van der Waals surface area contributed by atoms with Gasteiger partial charge in [0, 0.05) is 31.3 Å². The van der Waals surface area contributed by atoms with Gasteiger partial charge in [-0.1, -0.05) is 12.1 Å². The second-order valence-electron chi connectivity index (χ2n) is 4.60. The zero-order valence-electron chi connectivity index (χ0n) is 11.8. The molecule has 0 amide bonds. The molecule has 0 spiro atoms. The van der Waals surface area contributed by atoms with E-state index in [0.29, 0.717) is 19.8 Å². The summed E-state index contributed by atoms with van der Waals surface area (Å²) in [7, 11) is 3.93. The van der Waals surface area contributed by atoms with Gasteiger partial charge in [-0.3, -0.25) is 10.1 Å². The number of nitro benzene ring substituents is 1. The first-order valence-electron chi connectivity index (χ1n) is 6.37. The lowest BCUT2D eigenvalue weighted by atomic mass is 10.2. The topological polar surface area (TPSA) is 67.6 Å². The van der Waals surface area contributed by atoms with E-state index in [1.165, 1.54) is 12.1 Å². The van der Waals surface area contributed by atoms with E-state index >= 15 is 0 Å². The quantitative estimate of drug-likeness (QED) is 0.422. The van der Waals surface area contributed by atoms with Crippen LogP contribution in [0.5, 0.6) is 0 Å². The highest BCUT2D eigenvalue weighted by atomic mass is 19.1. The lowest BCUT2D eigenvalue weighted by Gasteiger charge is -2.10. The van der Waals surface area contributed by atoms with Crippen molar-refractivity contribution >= 4 is 5.69 Å². The molecule has 0 aromatic heterocycles. The number of rotatable bonds is 9. The Morgan fingerprint density at radius 1 is 1.40 bits per heavy atom. The molecule has 0 aliphatic rings. The minimum Gasteiger partial charge on any atom is -0.379 e. The number of nitro groups is 1. The van der Waals surface area contributed by atoms with Crippen molar-refractivity contribution < 1.29 is 14.1 Å². The number of halogens is 1. The summed E-state index contributed by atoms with van der Waals surface area (Å²) in [6, 6.07) is 4.16. The summed E-state index contributed by atoms with van der Waals surface area (Å²) in [4.78, 5) is 11.9. The molecule has 0 atom stereocenters. The minimum absolute atomic E-state index is 0.241. The molecular formula is C13H20FN3O3. The fourth-order valence-electron chi connectivity index (χ4n) is 1.56. The van der Waals surface area contributed by atoms with Gasteiger partial charge in [-0.15, -0.1) is 0 Å². The molecule has 0 radical (unpaired) electrons. The van der Waals surface area contributed by atoms with Crippen LogP contribution in [-0.4, -0.2) is 50.2 Å². The summed E-state index contributed by atoms with van der Waals surface area (Å²) in [6.07, 6.45) is 0. The molecule has 0 aliphatic carbocycles. The van der Waals surface area contributed by atoms with E-state index in [0.717, 1.165) is 12.6 Å². The van der Waals surface area contributed by atoms with E-state index < -0.39 is 16.4 Å². The predicted octanol–water partition coefficient (Wildman–Crippen LogP) is 1.40. The Bertz CT molecular complexity index is 441. The van der Waals surface area contributed by atoms with E-state index in [1.807, 2.05) is 19.0 Å². The van der Waals surface area contributed by atoms with E-state index in [1.54, 1.807) is 0 Å². The van der Waals surface area contributed by atoms with Crippen molar-refractivity contribution in [3.63, 3.8) is 0 Å². The number of hydrogen-bond donors (Lipinski definition) is 1. The highest BCUT2D eigenvalue weighted by Gasteiger charge is 2.16. The molecule has 20 heavy (non-hydrogen) atoms. The molecule has 0 saturated heterocycles. The molecule has 0 fully saturated rings. The van der Waals surface area contributed by atoms with Crippen LogP contribution in [0.25, 0.3) is 0 Å². The number of benzene rings is 1. The van der Waals surface area contributed by atoms with E-state index in [-0.39, 0.29) is 12.1 Å². The Labute approximate surface area is 117 Å². The van der Waals surface area contributed by atoms with Crippen molar-refractivity contribution in [2.24, 2.45) is 0 Å². The third kappa shape index (κ3) is 5.60. The fraction of sp³-hybridized carbons (Fsp3) is 0.538. The second kappa shape index (κ2) is 8.57. The molecular weight excluding hydrogens is 265 g/mol. The molecule has 6 nitrogen and oxygen atoms in total. The fourth-order valence-corrected chi connectivity index (χ4v) is 1.56. The van der Waals surface area contributed by atoms with Crippen LogP contribution >= 0.6 is 0 Å². The highest BCUT2D eigenvalue weighted by molar-refractivity contribution is 5.36. The van der Waals surface area contributed by atoms with Crippen molar-refractivity contribution in [1.82, 2.24) is 10.2 Å². The van der Waals surface area contributed by atoms with Crippen LogP contribution < -0.4 is 5.32 Å². The molecule has 1 N–H and O–H groups in total. The number of nitrogens with one attached hydrogen (secondary N) is 1. The molecule has 0 unspecified atom stereocenters. The Morgan fingerprint density at radius 2 is 2.15 bits per heavy atom. The predicted molar refractivity (Wildman–Crippen MR) is 74.1 cm³/mol. The molecule has 7 heteroatoms. The summed E-state index contributed by atoms with van der Waals surface area (Å²) >= 11 is 0. The average Bonchev–Trinajstić information content (AvgIpc) is 2.38. The molecule has 0 aliphatic heterocycles. The zero-order valence-corrected chi connectivity index (χ0v) is 11.8. The summed E-state index contributed by atoms with van der Waals surface area (Å²) in [5, 5.41) is 13.6. The lowest BCUT2D eigenvalue weighted by Crippen LogP contribution is -2.23. The molecule has 1 aromatic carbocycles. The van der Waals surface area contributed by atoms with Gasteiger partial charge in [-0.05, 0) is 14.1 Å². The van der Waals surface area contributed by atoms with Gasteiger partial charge in [0.15, 0.2) is 0 Å². The maximum Gasteiger partial charge on any atom is 0.305 e. The Morgan fingerprint density at radius 3 is 2.80 bits per heavy atom. The largest absolute Gasteiger partial charge is 0.379 e. The van der Waals surface area contributed by atoms with Crippen LogP contribution in [0.4, 0.5) is 10.1 Å². The maximum absolute atomic E-state index is 13.7. The van der Waals surface area contributed by atoms with E-state index in [4.69, 9.17) is 4.74 Å². The molecule has 0 saturated carbocycles. The number of likely N-dealkylation sites (N-methyl/N-ethyl adjacent to an activating group) is 1. The number of ether oxygens (including phenoxy) is 1. The van der Waals surface area contributed by atoms with Crippen LogP contribution in [0.3, 0.4) is 0 Å².